The van der Waals surface area contributed by atoms with Crippen molar-refractivity contribution in [3.63, 3.8) is 0 Å². The Hall–Kier alpha value is -1.66. The molecule has 1 aromatic heterocycles. The van der Waals surface area contributed by atoms with E-state index in [0.717, 1.165) is 9.35 Å². The zero-order valence-electron chi connectivity index (χ0n) is 11.7. The van der Waals surface area contributed by atoms with Crippen molar-refractivity contribution in [3.8, 4) is 0 Å². The lowest BCUT2D eigenvalue weighted by atomic mass is 10.1. The van der Waals surface area contributed by atoms with Crippen molar-refractivity contribution in [2.75, 3.05) is 19.4 Å². The standard InChI is InChI=1S/C15H15BrN2O2S/c1-18(2)14(19)7-10-3-5-12(6-4-10)17-15(20)11-8-13(16)21-9-11/h3-6,8-9H,7H2,1-2H3,(H,17,20). The normalized spacial score (nSPS) is 10.2. The Kier molecular flexibility index (Phi) is 5.14. The number of nitrogens with zero attached hydrogens (tertiary/aromatic N) is 1. The molecule has 2 amide bonds. The zero-order chi connectivity index (χ0) is 15.4. The Morgan fingerprint density at radius 2 is 1.90 bits per heavy atom. The zero-order valence-corrected chi connectivity index (χ0v) is 14.1. The smallest absolute Gasteiger partial charge is 0.256 e. The number of hydrogen-bond acceptors (Lipinski definition) is 3. The summed E-state index contributed by atoms with van der Waals surface area (Å²) in [5, 5.41) is 4.62. The van der Waals surface area contributed by atoms with Crippen molar-refractivity contribution in [3.05, 3.63) is 50.6 Å². The summed E-state index contributed by atoms with van der Waals surface area (Å²) in [5.74, 6) is -0.0935. The van der Waals surface area contributed by atoms with Crippen LogP contribution in [0.5, 0.6) is 0 Å². The Balaban J connectivity index is 1.99. The number of rotatable bonds is 4. The second-order valence-corrected chi connectivity index (χ2v) is 7.05. The molecule has 0 saturated heterocycles. The van der Waals surface area contributed by atoms with E-state index in [0.29, 0.717) is 17.7 Å². The number of carbonyl (C=O) groups is 2. The molecule has 0 saturated carbocycles. The second-order valence-electron chi connectivity index (χ2n) is 4.76. The van der Waals surface area contributed by atoms with E-state index >= 15 is 0 Å². The number of nitrogens with one attached hydrogen (secondary N) is 1. The molecule has 0 aliphatic carbocycles. The van der Waals surface area contributed by atoms with Gasteiger partial charge in [0.15, 0.2) is 0 Å². The van der Waals surface area contributed by atoms with Crippen molar-refractivity contribution in [1.29, 1.82) is 0 Å². The van der Waals surface area contributed by atoms with Crippen LogP contribution in [-0.4, -0.2) is 30.8 Å². The van der Waals surface area contributed by atoms with Crippen LogP contribution in [-0.2, 0) is 11.2 Å². The minimum atomic E-state index is -0.144. The first-order valence-corrected chi connectivity index (χ1v) is 7.97. The first kappa shape index (κ1) is 15.7. The monoisotopic (exact) mass is 366 g/mol. The van der Waals surface area contributed by atoms with E-state index in [1.165, 1.54) is 11.3 Å². The van der Waals surface area contributed by atoms with E-state index < -0.39 is 0 Å². The average molecular weight is 367 g/mol. The third-order valence-electron chi connectivity index (χ3n) is 2.90. The van der Waals surface area contributed by atoms with Crippen LogP contribution in [0.2, 0.25) is 0 Å². The van der Waals surface area contributed by atoms with Crippen molar-refractivity contribution >= 4 is 44.8 Å². The largest absolute Gasteiger partial charge is 0.349 e. The summed E-state index contributed by atoms with van der Waals surface area (Å²) in [7, 11) is 3.46. The number of anilines is 1. The van der Waals surface area contributed by atoms with E-state index in [9.17, 15) is 9.59 Å². The van der Waals surface area contributed by atoms with E-state index in [1.54, 1.807) is 42.6 Å². The highest BCUT2D eigenvalue weighted by molar-refractivity contribution is 9.11. The molecule has 2 rings (SSSR count). The van der Waals surface area contributed by atoms with Crippen LogP contribution in [0.25, 0.3) is 0 Å². The molecule has 0 bridgehead atoms. The minimum absolute atomic E-state index is 0.0508. The van der Waals surface area contributed by atoms with Gasteiger partial charge < -0.3 is 10.2 Å². The first-order chi connectivity index (χ1) is 9.95. The quantitative estimate of drug-likeness (QED) is 0.901. The summed E-state index contributed by atoms with van der Waals surface area (Å²) in [5.41, 5.74) is 2.26. The maximum absolute atomic E-state index is 12.0. The Bertz CT molecular complexity index is 650. The molecule has 2 aromatic rings. The predicted molar refractivity (Wildman–Crippen MR) is 88.8 cm³/mol. The van der Waals surface area contributed by atoms with Crippen LogP contribution < -0.4 is 5.32 Å². The van der Waals surface area contributed by atoms with Gasteiger partial charge in [-0.1, -0.05) is 12.1 Å². The Labute approximate surface area is 135 Å². The van der Waals surface area contributed by atoms with Crippen molar-refractivity contribution in [2.45, 2.75) is 6.42 Å². The number of likely N-dealkylation sites (N-methyl/N-ethyl adjacent to an activating group) is 1. The number of amides is 2. The van der Waals surface area contributed by atoms with Crippen LogP contribution in [0, 0.1) is 0 Å². The van der Waals surface area contributed by atoms with Crippen LogP contribution in [0.15, 0.2) is 39.5 Å². The fraction of sp³-hybridized carbons (Fsp3) is 0.200. The van der Waals surface area contributed by atoms with E-state index in [2.05, 4.69) is 21.2 Å². The fourth-order valence-electron chi connectivity index (χ4n) is 1.67. The molecule has 0 fully saturated rings. The number of thiophene rings is 1. The van der Waals surface area contributed by atoms with Crippen molar-refractivity contribution < 1.29 is 9.59 Å². The molecule has 0 aliphatic rings. The Morgan fingerprint density at radius 3 is 2.43 bits per heavy atom. The highest BCUT2D eigenvalue weighted by Gasteiger charge is 2.09. The third-order valence-corrected chi connectivity index (χ3v) is 4.40. The summed E-state index contributed by atoms with van der Waals surface area (Å²) in [4.78, 5) is 25.2. The predicted octanol–water partition coefficient (Wildman–Crippen LogP) is 3.39. The maximum atomic E-state index is 12.0. The van der Waals surface area contributed by atoms with Gasteiger partial charge >= 0.3 is 0 Å². The molecule has 0 unspecified atom stereocenters. The number of halogens is 1. The molecule has 0 radical (unpaired) electrons. The molecular formula is C15H15BrN2O2S. The molecule has 1 aromatic carbocycles. The molecule has 0 aliphatic heterocycles. The van der Waals surface area contributed by atoms with E-state index in [4.69, 9.17) is 0 Å². The molecule has 0 spiro atoms. The third kappa shape index (κ3) is 4.41. The lowest BCUT2D eigenvalue weighted by Gasteiger charge is -2.10. The summed E-state index contributed by atoms with van der Waals surface area (Å²) in [6.45, 7) is 0. The molecule has 4 nitrogen and oxygen atoms in total. The van der Waals surface area contributed by atoms with Gasteiger partial charge in [0.05, 0.1) is 15.8 Å². The number of benzene rings is 1. The van der Waals surface area contributed by atoms with E-state index in [-0.39, 0.29) is 11.8 Å². The molecule has 21 heavy (non-hydrogen) atoms. The lowest BCUT2D eigenvalue weighted by Crippen LogP contribution is -2.23. The minimum Gasteiger partial charge on any atom is -0.349 e. The summed E-state index contributed by atoms with van der Waals surface area (Å²) in [6, 6.07) is 9.08. The van der Waals surface area contributed by atoms with Gasteiger partial charge in [-0.15, -0.1) is 11.3 Å². The summed E-state index contributed by atoms with van der Waals surface area (Å²) >= 11 is 4.80. The van der Waals surface area contributed by atoms with Gasteiger partial charge in [-0.2, -0.15) is 0 Å². The first-order valence-electron chi connectivity index (χ1n) is 6.30. The van der Waals surface area contributed by atoms with Gasteiger partial charge in [-0.3, -0.25) is 9.59 Å². The van der Waals surface area contributed by atoms with Crippen molar-refractivity contribution in [1.82, 2.24) is 4.90 Å². The van der Waals surface area contributed by atoms with Gasteiger partial charge in [0, 0.05) is 25.2 Å². The highest BCUT2D eigenvalue weighted by Crippen LogP contribution is 2.21. The van der Waals surface area contributed by atoms with Crippen LogP contribution in [0.1, 0.15) is 15.9 Å². The molecule has 1 N–H and O–H groups in total. The molecular weight excluding hydrogens is 352 g/mol. The topological polar surface area (TPSA) is 49.4 Å². The van der Waals surface area contributed by atoms with Gasteiger partial charge in [0.2, 0.25) is 5.91 Å². The number of carbonyl (C=O) groups excluding carboxylic acids is 2. The molecule has 6 heteroatoms. The fourth-order valence-corrected chi connectivity index (χ4v) is 2.81. The summed E-state index contributed by atoms with van der Waals surface area (Å²) in [6.07, 6.45) is 0.360. The highest BCUT2D eigenvalue weighted by atomic mass is 79.9. The lowest BCUT2D eigenvalue weighted by molar-refractivity contribution is -0.127. The van der Waals surface area contributed by atoms with Crippen LogP contribution in [0.3, 0.4) is 0 Å². The molecule has 110 valence electrons. The van der Waals surface area contributed by atoms with Crippen LogP contribution >= 0.6 is 27.3 Å². The molecule has 1 heterocycles. The Morgan fingerprint density at radius 1 is 1.24 bits per heavy atom. The van der Waals surface area contributed by atoms with Crippen LogP contribution in [0.4, 0.5) is 5.69 Å². The number of hydrogen-bond donors (Lipinski definition) is 1. The molecule has 0 atom stereocenters. The SMILES string of the molecule is CN(C)C(=O)Cc1ccc(NC(=O)c2csc(Br)c2)cc1. The summed E-state index contributed by atoms with van der Waals surface area (Å²) < 4.78 is 0.921. The van der Waals surface area contributed by atoms with Gasteiger partial charge in [0.25, 0.3) is 5.91 Å². The van der Waals surface area contributed by atoms with E-state index in [1.807, 2.05) is 12.1 Å². The van der Waals surface area contributed by atoms with Gasteiger partial charge in [-0.05, 0) is 39.7 Å². The average Bonchev–Trinajstić information content (AvgIpc) is 2.87. The van der Waals surface area contributed by atoms with Gasteiger partial charge in [0.1, 0.15) is 0 Å². The maximum Gasteiger partial charge on any atom is 0.256 e. The second kappa shape index (κ2) is 6.87. The van der Waals surface area contributed by atoms with Crippen molar-refractivity contribution in [2.24, 2.45) is 0 Å². The van der Waals surface area contributed by atoms with Gasteiger partial charge in [-0.25, -0.2) is 0 Å².